The molecule has 2 rings (SSSR count). The van der Waals surface area contributed by atoms with Crippen molar-refractivity contribution in [2.75, 3.05) is 24.6 Å². The molecule has 2 aliphatic carbocycles. The van der Waals surface area contributed by atoms with Crippen LogP contribution in [0.5, 0.6) is 0 Å². The molecule has 0 atom stereocenters. The molecule has 132 valence electrons. The van der Waals surface area contributed by atoms with E-state index >= 15 is 0 Å². The van der Waals surface area contributed by atoms with Gasteiger partial charge >= 0.3 is 0 Å². The molecule has 2 amide bonds. The van der Waals surface area contributed by atoms with Gasteiger partial charge in [-0.3, -0.25) is 9.59 Å². The number of amides is 2. The topological polar surface area (TPSA) is 92.3 Å². The average molecular weight is 344 g/mol. The Hall–Kier alpha value is -1.11. The third-order valence-corrected chi connectivity index (χ3v) is 7.06. The molecular weight excluding hydrogens is 316 g/mol. The van der Waals surface area contributed by atoms with Gasteiger partial charge in [0.2, 0.25) is 11.8 Å². The molecule has 7 heteroatoms. The highest BCUT2D eigenvalue weighted by atomic mass is 32.2. The maximum Gasteiger partial charge on any atom is 0.225 e. The summed E-state index contributed by atoms with van der Waals surface area (Å²) in [6.07, 6.45) is 5.60. The minimum atomic E-state index is -3.27. The Bertz CT molecular complexity index is 519. The van der Waals surface area contributed by atoms with Gasteiger partial charge in [-0.15, -0.1) is 0 Å². The van der Waals surface area contributed by atoms with Crippen LogP contribution < -0.4 is 10.6 Å². The van der Waals surface area contributed by atoms with Crippen LogP contribution in [0.15, 0.2) is 0 Å². The first-order valence-corrected chi connectivity index (χ1v) is 10.3. The van der Waals surface area contributed by atoms with Gasteiger partial charge in [-0.05, 0) is 25.7 Å². The molecule has 0 bridgehead atoms. The second-order valence-electron chi connectivity index (χ2n) is 7.49. The highest BCUT2D eigenvalue weighted by molar-refractivity contribution is 7.91. The second kappa shape index (κ2) is 6.79. The summed E-state index contributed by atoms with van der Waals surface area (Å²) >= 11 is 0. The van der Waals surface area contributed by atoms with Crippen LogP contribution in [0, 0.1) is 10.8 Å². The van der Waals surface area contributed by atoms with Gasteiger partial charge in [0.25, 0.3) is 0 Å². The van der Waals surface area contributed by atoms with Crippen LogP contribution in [-0.4, -0.2) is 44.8 Å². The van der Waals surface area contributed by atoms with E-state index in [0.29, 0.717) is 0 Å². The Morgan fingerprint density at radius 1 is 0.826 bits per heavy atom. The molecule has 0 radical (unpaired) electrons. The van der Waals surface area contributed by atoms with Crippen LogP contribution in [0.1, 0.15) is 52.4 Å². The lowest BCUT2D eigenvalue weighted by atomic mass is 9.70. The van der Waals surface area contributed by atoms with E-state index in [0.717, 1.165) is 38.5 Å². The van der Waals surface area contributed by atoms with E-state index in [-0.39, 0.29) is 47.2 Å². The summed E-state index contributed by atoms with van der Waals surface area (Å²) in [7, 11) is -3.27. The van der Waals surface area contributed by atoms with Crippen molar-refractivity contribution in [3.63, 3.8) is 0 Å². The fraction of sp³-hybridized carbons (Fsp3) is 0.875. The Balaban J connectivity index is 1.64. The van der Waals surface area contributed by atoms with Crippen molar-refractivity contribution >= 4 is 21.7 Å². The summed E-state index contributed by atoms with van der Waals surface area (Å²) in [6, 6.07) is 0. The van der Waals surface area contributed by atoms with Crippen molar-refractivity contribution in [2.45, 2.75) is 52.4 Å². The van der Waals surface area contributed by atoms with Gasteiger partial charge in [-0.2, -0.15) is 0 Å². The number of rotatable bonds is 8. The molecule has 2 saturated carbocycles. The lowest BCUT2D eigenvalue weighted by molar-refractivity contribution is -0.135. The number of hydrogen-bond acceptors (Lipinski definition) is 4. The highest BCUT2D eigenvalue weighted by Crippen LogP contribution is 2.40. The van der Waals surface area contributed by atoms with E-state index in [1.54, 1.807) is 0 Å². The minimum Gasteiger partial charge on any atom is -0.355 e. The van der Waals surface area contributed by atoms with Crippen LogP contribution in [-0.2, 0) is 19.4 Å². The van der Waals surface area contributed by atoms with Gasteiger partial charge in [-0.1, -0.05) is 26.7 Å². The summed E-state index contributed by atoms with van der Waals surface area (Å²) < 4.78 is 23.9. The lowest BCUT2D eigenvalue weighted by Crippen LogP contribution is -2.46. The summed E-state index contributed by atoms with van der Waals surface area (Å²) in [5.74, 6) is -0.264. The van der Waals surface area contributed by atoms with E-state index in [9.17, 15) is 18.0 Å². The molecule has 2 N–H and O–H groups in total. The molecular formula is C16H28N2O4S. The van der Waals surface area contributed by atoms with E-state index in [2.05, 4.69) is 10.6 Å². The Morgan fingerprint density at radius 3 is 1.43 bits per heavy atom. The number of nitrogens with one attached hydrogen (secondary N) is 2. The molecule has 23 heavy (non-hydrogen) atoms. The van der Waals surface area contributed by atoms with E-state index < -0.39 is 9.84 Å². The first kappa shape index (κ1) is 18.2. The first-order chi connectivity index (χ1) is 10.7. The van der Waals surface area contributed by atoms with Crippen molar-refractivity contribution < 1.29 is 18.0 Å². The first-order valence-electron chi connectivity index (χ1n) is 8.44. The van der Waals surface area contributed by atoms with Crippen LogP contribution in [0.2, 0.25) is 0 Å². The minimum absolute atomic E-state index is 0.0508. The largest absolute Gasteiger partial charge is 0.355 e. The maximum absolute atomic E-state index is 12.0. The zero-order valence-corrected chi connectivity index (χ0v) is 14.9. The van der Waals surface area contributed by atoms with Crippen LogP contribution in [0.4, 0.5) is 0 Å². The third kappa shape index (κ3) is 4.46. The standard InChI is InChI=1S/C16H28N2O4S/c1-15(5-3-6-15)13(19)17-9-11-23(21,22)12-10-18-14(20)16(2)7-4-8-16/h3-12H2,1-2H3,(H,17,19)(H,18,20). The Kier molecular flexibility index (Phi) is 5.38. The van der Waals surface area contributed by atoms with Crippen LogP contribution in [0.25, 0.3) is 0 Å². The SMILES string of the molecule is CC1(C(=O)NCCS(=O)(=O)CCNC(=O)C2(C)CCC2)CCC1. The molecule has 6 nitrogen and oxygen atoms in total. The molecule has 0 saturated heterocycles. The Labute approximate surface area is 138 Å². The van der Waals surface area contributed by atoms with E-state index in [1.807, 2.05) is 13.8 Å². The fourth-order valence-electron chi connectivity index (χ4n) is 3.04. The molecule has 2 aliphatic rings. The second-order valence-corrected chi connectivity index (χ2v) is 9.80. The lowest BCUT2D eigenvalue weighted by Gasteiger charge is -2.36. The Morgan fingerprint density at radius 2 is 1.17 bits per heavy atom. The maximum atomic E-state index is 12.0. The smallest absolute Gasteiger partial charge is 0.225 e. The molecule has 0 aromatic carbocycles. The molecule has 0 aromatic heterocycles. The molecule has 0 aliphatic heterocycles. The summed E-state index contributed by atoms with van der Waals surface area (Å²) in [5, 5.41) is 5.43. The van der Waals surface area contributed by atoms with Crippen LogP contribution >= 0.6 is 0 Å². The zero-order valence-electron chi connectivity index (χ0n) is 14.1. The van der Waals surface area contributed by atoms with Gasteiger partial charge in [0.05, 0.1) is 11.5 Å². The monoisotopic (exact) mass is 344 g/mol. The number of carbonyl (C=O) groups is 2. The summed E-state index contributed by atoms with van der Waals surface area (Å²) in [5.41, 5.74) is -0.619. The number of sulfone groups is 1. The van der Waals surface area contributed by atoms with Gasteiger partial charge in [0, 0.05) is 23.9 Å². The van der Waals surface area contributed by atoms with Gasteiger partial charge < -0.3 is 10.6 Å². The normalized spacial score (nSPS) is 21.7. The number of carbonyl (C=O) groups excluding carboxylic acids is 2. The third-order valence-electron chi connectivity index (χ3n) is 5.41. The summed E-state index contributed by atoms with van der Waals surface area (Å²) in [6.45, 7) is 4.11. The fourth-order valence-corrected chi connectivity index (χ4v) is 4.07. The van der Waals surface area contributed by atoms with E-state index in [4.69, 9.17) is 0 Å². The van der Waals surface area contributed by atoms with Crippen molar-refractivity contribution in [3.8, 4) is 0 Å². The van der Waals surface area contributed by atoms with Crippen molar-refractivity contribution in [1.29, 1.82) is 0 Å². The number of hydrogen-bond donors (Lipinski definition) is 2. The van der Waals surface area contributed by atoms with Crippen molar-refractivity contribution in [1.82, 2.24) is 10.6 Å². The van der Waals surface area contributed by atoms with Crippen LogP contribution in [0.3, 0.4) is 0 Å². The molecule has 0 aromatic rings. The molecule has 0 heterocycles. The van der Waals surface area contributed by atoms with Crippen molar-refractivity contribution in [3.05, 3.63) is 0 Å². The van der Waals surface area contributed by atoms with Gasteiger partial charge in [0.1, 0.15) is 0 Å². The van der Waals surface area contributed by atoms with Crippen molar-refractivity contribution in [2.24, 2.45) is 10.8 Å². The predicted molar refractivity (Wildman–Crippen MR) is 88.6 cm³/mol. The quantitative estimate of drug-likeness (QED) is 0.687. The van der Waals surface area contributed by atoms with Gasteiger partial charge in [-0.25, -0.2) is 8.42 Å². The molecule has 0 unspecified atom stereocenters. The highest BCUT2D eigenvalue weighted by Gasteiger charge is 2.39. The zero-order chi connectivity index (χ0) is 17.1. The predicted octanol–water partition coefficient (Wildman–Crippen LogP) is 1.01. The van der Waals surface area contributed by atoms with E-state index in [1.165, 1.54) is 0 Å². The summed E-state index contributed by atoms with van der Waals surface area (Å²) in [4.78, 5) is 23.8. The van der Waals surface area contributed by atoms with Gasteiger partial charge in [0.15, 0.2) is 9.84 Å². The molecule has 0 spiro atoms. The average Bonchev–Trinajstić information content (AvgIpc) is 2.41. The molecule has 2 fully saturated rings.